The molecule has 2 nitrogen and oxygen atoms in total. The average molecular weight is 216 g/mol. The fraction of sp³-hybridized carbons (Fsp3) is 0.250. The van der Waals surface area contributed by atoms with E-state index in [2.05, 4.69) is 22.5 Å². The highest BCUT2D eigenvalue weighted by molar-refractivity contribution is 9.11. The molecule has 3 heteroatoms. The predicted octanol–water partition coefficient (Wildman–Crippen LogP) is 1.89. The first-order valence-electron chi connectivity index (χ1n) is 3.31. The second-order valence-corrected chi connectivity index (χ2v) is 3.49. The molecule has 0 amide bonds. The van der Waals surface area contributed by atoms with Crippen LogP contribution in [0.15, 0.2) is 29.5 Å². The van der Waals surface area contributed by atoms with E-state index in [1.807, 2.05) is 23.0 Å². The van der Waals surface area contributed by atoms with Crippen LogP contribution < -0.4 is 0 Å². The Hall–Kier alpha value is -0.540. The summed E-state index contributed by atoms with van der Waals surface area (Å²) < 4.78 is 2.89. The topological polar surface area (TPSA) is 25.2 Å². The number of rotatable bonds is 3. The summed E-state index contributed by atoms with van der Waals surface area (Å²) in [6.45, 7) is 4.57. The number of aliphatic hydroxyl groups is 1. The summed E-state index contributed by atoms with van der Waals surface area (Å²) in [4.78, 5) is 0. The summed E-state index contributed by atoms with van der Waals surface area (Å²) in [6.07, 6.45) is 3.81. The Kier molecular flexibility index (Phi) is 2.91. The van der Waals surface area contributed by atoms with E-state index >= 15 is 0 Å². The van der Waals surface area contributed by atoms with Gasteiger partial charge >= 0.3 is 0 Å². The molecule has 1 rings (SSSR count). The highest BCUT2D eigenvalue weighted by Crippen LogP contribution is 2.07. The number of aliphatic hydroxyl groups excluding tert-OH is 1. The molecule has 0 saturated carbocycles. The molecule has 0 spiro atoms. The maximum Gasteiger partial charge on any atom is 0.0696 e. The van der Waals surface area contributed by atoms with Crippen molar-refractivity contribution >= 4 is 15.9 Å². The minimum absolute atomic E-state index is 0.0990. The van der Waals surface area contributed by atoms with Gasteiger partial charge in [0.25, 0.3) is 0 Å². The van der Waals surface area contributed by atoms with Crippen molar-refractivity contribution in [2.75, 3.05) is 0 Å². The van der Waals surface area contributed by atoms with Crippen LogP contribution in [0.2, 0.25) is 0 Å². The van der Waals surface area contributed by atoms with Crippen molar-refractivity contribution in [2.24, 2.45) is 0 Å². The van der Waals surface area contributed by atoms with Gasteiger partial charge in [0.1, 0.15) is 0 Å². The van der Waals surface area contributed by atoms with Crippen LogP contribution in [-0.4, -0.2) is 9.67 Å². The lowest BCUT2D eigenvalue weighted by Crippen LogP contribution is -1.92. The lowest BCUT2D eigenvalue weighted by molar-refractivity contribution is 0.282. The maximum absolute atomic E-state index is 8.74. The molecule has 60 valence electrons. The Morgan fingerprint density at radius 1 is 1.73 bits per heavy atom. The fourth-order valence-electron chi connectivity index (χ4n) is 0.881. The normalized spacial score (nSPS) is 10.0. The van der Waals surface area contributed by atoms with Crippen LogP contribution in [0.25, 0.3) is 0 Å². The van der Waals surface area contributed by atoms with Crippen LogP contribution in [0.5, 0.6) is 0 Å². The Labute approximate surface area is 74.3 Å². The van der Waals surface area contributed by atoms with Gasteiger partial charge in [0.15, 0.2) is 0 Å². The summed E-state index contributed by atoms with van der Waals surface area (Å²) in [5.74, 6) is 0. The number of halogens is 1. The Bertz CT molecular complexity index is 254. The molecule has 1 aromatic heterocycles. The zero-order valence-corrected chi connectivity index (χ0v) is 7.71. The molecule has 0 radical (unpaired) electrons. The van der Waals surface area contributed by atoms with Gasteiger partial charge < -0.3 is 9.67 Å². The van der Waals surface area contributed by atoms with Gasteiger partial charge in [0.05, 0.1) is 13.2 Å². The summed E-state index contributed by atoms with van der Waals surface area (Å²) in [7, 11) is 0. The van der Waals surface area contributed by atoms with Crippen LogP contribution in [-0.2, 0) is 13.2 Å². The molecule has 0 aliphatic rings. The lowest BCUT2D eigenvalue weighted by atomic mass is 10.4. The summed E-state index contributed by atoms with van der Waals surface area (Å²) in [5, 5.41) is 8.74. The van der Waals surface area contributed by atoms with Crippen molar-refractivity contribution in [1.82, 2.24) is 4.57 Å². The molecule has 0 fully saturated rings. The summed E-state index contributed by atoms with van der Waals surface area (Å²) in [5.41, 5.74) is 0.929. The van der Waals surface area contributed by atoms with Crippen LogP contribution in [0.4, 0.5) is 0 Å². The van der Waals surface area contributed by atoms with Crippen LogP contribution >= 0.6 is 15.9 Å². The molecule has 1 heterocycles. The van der Waals surface area contributed by atoms with E-state index in [0.29, 0.717) is 0 Å². The van der Waals surface area contributed by atoms with Crippen LogP contribution in [0, 0.1) is 0 Å². The molecule has 0 saturated heterocycles. The standard InChI is InChI=1S/C8H10BrNO/c1-7(9)4-10-3-2-8(5-10)6-11/h2-3,5,11H,1,4,6H2. The van der Waals surface area contributed by atoms with E-state index in [-0.39, 0.29) is 6.61 Å². The molecule has 0 aromatic carbocycles. The van der Waals surface area contributed by atoms with E-state index in [1.54, 1.807) is 0 Å². The highest BCUT2D eigenvalue weighted by Gasteiger charge is 1.94. The average Bonchev–Trinajstić information content (AvgIpc) is 2.34. The van der Waals surface area contributed by atoms with Gasteiger partial charge in [-0.1, -0.05) is 22.5 Å². The zero-order chi connectivity index (χ0) is 8.27. The van der Waals surface area contributed by atoms with E-state index in [9.17, 15) is 0 Å². The van der Waals surface area contributed by atoms with Crippen molar-refractivity contribution in [3.63, 3.8) is 0 Å². The van der Waals surface area contributed by atoms with Crippen molar-refractivity contribution in [3.05, 3.63) is 35.1 Å². The fourth-order valence-corrected chi connectivity index (χ4v) is 1.17. The number of aromatic nitrogens is 1. The second kappa shape index (κ2) is 3.74. The Balaban J connectivity index is 2.65. The van der Waals surface area contributed by atoms with Gasteiger partial charge in [-0.25, -0.2) is 0 Å². The van der Waals surface area contributed by atoms with Crippen molar-refractivity contribution in [3.8, 4) is 0 Å². The molecular weight excluding hydrogens is 206 g/mol. The Morgan fingerprint density at radius 2 is 2.45 bits per heavy atom. The number of hydrogen-bond acceptors (Lipinski definition) is 1. The van der Waals surface area contributed by atoms with Gasteiger partial charge in [0, 0.05) is 16.9 Å². The van der Waals surface area contributed by atoms with Gasteiger partial charge in [-0.2, -0.15) is 0 Å². The van der Waals surface area contributed by atoms with E-state index < -0.39 is 0 Å². The first-order chi connectivity index (χ1) is 5.22. The lowest BCUT2D eigenvalue weighted by Gasteiger charge is -1.98. The SMILES string of the molecule is C=C(Br)Cn1ccc(CO)c1. The molecule has 0 aliphatic heterocycles. The predicted molar refractivity (Wildman–Crippen MR) is 48.4 cm³/mol. The summed E-state index contributed by atoms with van der Waals surface area (Å²) >= 11 is 3.26. The Morgan fingerprint density at radius 3 is 2.91 bits per heavy atom. The smallest absolute Gasteiger partial charge is 0.0696 e. The molecule has 11 heavy (non-hydrogen) atoms. The number of allylic oxidation sites excluding steroid dienone is 1. The van der Waals surface area contributed by atoms with Gasteiger partial charge in [0.2, 0.25) is 0 Å². The van der Waals surface area contributed by atoms with Crippen molar-refractivity contribution in [2.45, 2.75) is 13.2 Å². The number of hydrogen-bond donors (Lipinski definition) is 1. The maximum atomic E-state index is 8.74. The van der Waals surface area contributed by atoms with E-state index in [1.165, 1.54) is 0 Å². The molecular formula is C8H10BrNO. The zero-order valence-electron chi connectivity index (χ0n) is 6.13. The van der Waals surface area contributed by atoms with E-state index in [0.717, 1.165) is 16.6 Å². The minimum atomic E-state index is 0.0990. The van der Waals surface area contributed by atoms with Gasteiger partial charge in [-0.15, -0.1) is 0 Å². The minimum Gasteiger partial charge on any atom is -0.392 e. The third kappa shape index (κ3) is 2.52. The quantitative estimate of drug-likeness (QED) is 0.819. The molecule has 1 N–H and O–H groups in total. The third-order valence-corrected chi connectivity index (χ3v) is 1.60. The molecule has 0 aliphatic carbocycles. The van der Waals surface area contributed by atoms with Crippen LogP contribution in [0.3, 0.4) is 0 Å². The summed E-state index contributed by atoms with van der Waals surface area (Å²) in [6, 6.07) is 1.88. The van der Waals surface area contributed by atoms with Crippen LogP contribution in [0.1, 0.15) is 5.56 Å². The van der Waals surface area contributed by atoms with Crippen molar-refractivity contribution in [1.29, 1.82) is 0 Å². The third-order valence-electron chi connectivity index (χ3n) is 1.35. The molecule has 1 aromatic rings. The van der Waals surface area contributed by atoms with Gasteiger partial charge in [-0.05, 0) is 11.6 Å². The van der Waals surface area contributed by atoms with Crippen molar-refractivity contribution < 1.29 is 5.11 Å². The van der Waals surface area contributed by atoms with Gasteiger partial charge in [-0.3, -0.25) is 0 Å². The largest absolute Gasteiger partial charge is 0.392 e. The monoisotopic (exact) mass is 215 g/mol. The molecule has 0 unspecified atom stereocenters. The second-order valence-electron chi connectivity index (χ2n) is 2.37. The number of nitrogens with zero attached hydrogens (tertiary/aromatic N) is 1. The molecule has 0 atom stereocenters. The molecule has 0 bridgehead atoms. The first-order valence-corrected chi connectivity index (χ1v) is 4.10. The van der Waals surface area contributed by atoms with E-state index in [4.69, 9.17) is 5.11 Å². The first kappa shape index (κ1) is 8.56. The highest BCUT2D eigenvalue weighted by atomic mass is 79.9.